The van der Waals surface area contributed by atoms with Gasteiger partial charge in [-0.15, -0.1) is 0 Å². The van der Waals surface area contributed by atoms with Crippen molar-refractivity contribution in [3.8, 4) is 11.5 Å². The van der Waals surface area contributed by atoms with Crippen molar-refractivity contribution in [3.05, 3.63) is 41.1 Å². The number of hydrogen-bond donors (Lipinski definition) is 1. The first-order chi connectivity index (χ1) is 10.1. The van der Waals surface area contributed by atoms with Crippen molar-refractivity contribution in [3.63, 3.8) is 0 Å². The molecular weight excluding hydrogens is 268 g/mol. The monoisotopic (exact) mass is 290 g/mol. The van der Waals surface area contributed by atoms with E-state index in [4.69, 9.17) is 13.9 Å². The number of nitrogens with one attached hydrogen (secondary N) is 1. The minimum atomic E-state index is 0.601. The van der Waals surface area contributed by atoms with Crippen LogP contribution >= 0.6 is 0 Å². The maximum absolute atomic E-state index is 5.53. The summed E-state index contributed by atoms with van der Waals surface area (Å²) in [5, 5.41) is 3.31. The molecule has 0 aliphatic heterocycles. The number of nitrogens with zero attached hydrogens (tertiary/aromatic N) is 1. The van der Waals surface area contributed by atoms with E-state index in [2.05, 4.69) is 10.3 Å². The third kappa shape index (κ3) is 3.98. The zero-order valence-corrected chi connectivity index (χ0v) is 13.0. The Morgan fingerprint density at radius 1 is 1.19 bits per heavy atom. The van der Waals surface area contributed by atoms with Crippen LogP contribution < -0.4 is 14.8 Å². The lowest BCUT2D eigenvalue weighted by Gasteiger charge is -2.11. The largest absolute Gasteiger partial charge is 0.493 e. The summed E-state index contributed by atoms with van der Waals surface area (Å²) in [6.07, 6.45) is 0. The Hall–Kier alpha value is -2.01. The van der Waals surface area contributed by atoms with Gasteiger partial charge in [-0.1, -0.05) is 6.07 Å². The van der Waals surface area contributed by atoms with Gasteiger partial charge in [0.2, 0.25) is 5.89 Å². The maximum atomic E-state index is 5.53. The second-order valence-corrected chi connectivity index (χ2v) is 4.77. The minimum Gasteiger partial charge on any atom is -0.493 e. The molecule has 0 aliphatic carbocycles. The predicted octanol–water partition coefficient (Wildman–Crippen LogP) is 2.99. The molecule has 0 amide bonds. The third-order valence-corrected chi connectivity index (χ3v) is 3.21. The molecule has 114 valence electrons. The maximum Gasteiger partial charge on any atom is 0.208 e. The molecule has 1 heterocycles. The van der Waals surface area contributed by atoms with Crippen LogP contribution in [0, 0.1) is 13.8 Å². The number of aryl methyl sites for hydroxylation is 2. The highest BCUT2D eigenvalue weighted by Gasteiger charge is 2.07. The molecule has 2 aromatic rings. The molecule has 5 nitrogen and oxygen atoms in total. The van der Waals surface area contributed by atoms with Gasteiger partial charge in [0.05, 0.1) is 26.0 Å². The van der Waals surface area contributed by atoms with Crippen LogP contribution in [0.1, 0.15) is 29.8 Å². The molecule has 2 rings (SSSR count). The highest BCUT2D eigenvalue weighted by Crippen LogP contribution is 2.27. The van der Waals surface area contributed by atoms with Crippen LogP contribution in [0.25, 0.3) is 0 Å². The second kappa shape index (κ2) is 7.13. The molecule has 0 spiro atoms. The molecule has 0 bridgehead atoms. The van der Waals surface area contributed by atoms with Gasteiger partial charge >= 0.3 is 0 Å². The number of oxazole rings is 1. The van der Waals surface area contributed by atoms with Crippen LogP contribution in [-0.4, -0.2) is 18.7 Å². The summed E-state index contributed by atoms with van der Waals surface area (Å²) < 4.78 is 16.4. The summed E-state index contributed by atoms with van der Waals surface area (Å²) >= 11 is 0. The van der Waals surface area contributed by atoms with E-state index in [9.17, 15) is 0 Å². The molecule has 0 fully saturated rings. The third-order valence-electron chi connectivity index (χ3n) is 3.21. The van der Waals surface area contributed by atoms with E-state index in [1.807, 2.05) is 39.0 Å². The van der Waals surface area contributed by atoms with Crippen LogP contribution in [0.15, 0.2) is 22.6 Å². The van der Waals surface area contributed by atoms with Crippen molar-refractivity contribution in [2.24, 2.45) is 0 Å². The lowest BCUT2D eigenvalue weighted by Crippen LogP contribution is -2.13. The number of methoxy groups -OCH3 is 1. The lowest BCUT2D eigenvalue weighted by atomic mass is 10.2. The molecule has 0 saturated carbocycles. The highest BCUT2D eigenvalue weighted by atomic mass is 16.5. The molecule has 21 heavy (non-hydrogen) atoms. The van der Waals surface area contributed by atoms with Gasteiger partial charge in [-0.05, 0) is 38.5 Å². The number of benzene rings is 1. The predicted molar refractivity (Wildman–Crippen MR) is 80.7 cm³/mol. The van der Waals surface area contributed by atoms with E-state index in [0.717, 1.165) is 28.5 Å². The lowest BCUT2D eigenvalue weighted by molar-refractivity contribution is 0.310. The molecular formula is C16H22N2O3. The first-order valence-electron chi connectivity index (χ1n) is 7.07. The fourth-order valence-corrected chi connectivity index (χ4v) is 2.03. The fourth-order valence-electron chi connectivity index (χ4n) is 2.03. The average Bonchev–Trinajstić information content (AvgIpc) is 2.79. The van der Waals surface area contributed by atoms with Gasteiger partial charge in [0.25, 0.3) is 0 Å². The summed E-state index contributed by atoms with van der Waals surface area (Å²) in [5.41, 5.74) is 2.06. The van der Waals surface area contributed by atoms with E-state index < -0.39 is 0 Å². The Morgan fingerprint density at radius 2 is 2.00 bits per heavy atom. The van der Waals surface area contributed by atoms with Gasteiger partial charge in [-0.2, -0.15) is 0 Å². The van der Waals surface area contributed by atoms with Crippen molar-refractivity contribution in [2.45, 2.75) is 33.9 Å². The van der Waals surface area contributed by atoms with Crippen LogP contribution in [-0.2, 0) is 13.1 Å². The van der Waals surface area contributed by atoms with Crippen molar-refractivity contribution in [1.82, 2.24) is 10.3 Å². The standard InChI is InChI=1S/C16H22N2O3/c1-5-20-14-7-6-13(8-15(14)19-4)9-17-10-16-18-11(2)12(3)21-16/h6-8,17H,5,9-10H2,1-4H3. The average molecular weight is 290 g/mol. The van der Waals surface area contributed by atoms with Crippen molar-refractivity contribution < 1.29 is 13.9 Å². The zero-order chi connectivity index (χ0) is 15.2. The van der Waals surface area contributed by atoms with Gasteiger partial charge in [0.15, 0.2) is 11.5 Å². The molecule has 0 atom stereocenters. The van der Waals surface area contributed by atoms with E-state index in [0.29, 0.717) is 25.6 Å². The summed E-state index contributed by atoms with van der Waals surface area (Å²) in [6, 6.07) is 5.93. The van der Waals surface area contributed by atoms with Gasteiger partial charge in [-0.3, -0.25) is 0 Å². The molecule has 1 N–H and O–H groups in total. The summed E-state index contributed by atoms with van der Waals surface area (Å²) in [5.74, 6) is 3.10. The van der Waals surface area contributed by atoms with Crippen LogP contribution in [0.4, 0.5) is 0 Å². The number of rotatable bonds is 7. The molecule has 0 radical (unpaired) electrons. The normalized spacial score (nSPS) is 10.7. The summed E-state index contributed by atoms with van der Waals surface area (Å²) in [6.45, 7) is 7.75. The Balaban J connectivity index is 1.93. The number of aromatic nitrogens is 1. The van der Waals surface area contributed by atoms with Crippen LogP contribution in [0.3, 0.4) is 0 Å². The molecule has 0 unspecified atom stereocenters. The van der Waals surface area contributed by atoms with Crippen LogP contribution in [0.5, 0.6) is 11.5 Å². The summed E-state index contributed by atoms with van der Waals surface area (Å²) in [7, 11) is 1.65. The number of hydrogen-bond acceptors (Lipinski definition) is 5. The highest BCUT2D eigenvalue weighted by molar-refractivity contribution is 5.42. The molecule has 1 aromatic carbocycles. The molecule has 1 aromatic heterocycles. The summed E-state index contributed by atoms with van der Waals surface area (Å²) in [4.78, 5) is 4.34. The quantitative estimate of drug-likeness (QED) is 0.849. The first kappa shape index (κ1) is 15.4. The van der Waals surface area contributed by atoms with E-state index in [1.54, 1.807) is 7.11 Å². The van der Waals surface area contributed by atoms with E-state index in [1.165, 1.54) is 0 Å². The fraction of sp³-hybridized carbons (Fsp3) is 0.438. The zero-order valence-electron chi connectivity index (χ0n) is 13.0. The Bertz CT molecular complexity index is 574. The van der Waals surface area contributed by atoms with Crippen molar-refractivity contribution in [2.75, 3.05) is 13.7 Å². The topological polar surface area (TPSA) is 56.5 Å². The number of ether oxygens (including phenoxy) is 2. The SMILES string of the molecule is CCOc1ccc(CNCc2nc(C)c(C)o2)cc1OC. The van der Waals surface area contributed by atoms with Gasteiger partial charge in [0, 0.05) is 6.54 Å². The Kier molecular flexibility index (Phi) is 5.22. The Labute approximate surface area is 125 Å². The smallest absolute Gasteiger partial charge is 0.208 e. The van der Waals surface area contributed by atoms with Gasteiger partial charge in [0.1, 0.15) is 5.76 Å². The Morgan fingerprint density at radius 3 is 2.62 bits per heavy atom. The van der Waals surface area contributed by atoms with Gasteiger partial charge < -0.3 is 19.2 Å². The second-order valence-electron chi connectivity index (χ2n) is 4.77. The van der Waals surface area contributed by atoms with Gasteiger partial charge in [-0.25, -0.2) is 4.98 Å². The molecule has 5 heteroatoms. The minimum absolute atomic E-state index is 0.601. The van der Waals surface area contributed by atoms with E-state index >= 15 is 0 Å². The van der Waals surface area contributed by atoms with Crippen LogP contribution in [0.2, 0.25) is 0 Å². The first-order valence-corrected chi connectivity index (χ1v) is 7.07. The van der Waals surface area contributed by atoms with E-state index in [-0.39, 0.29) is 0 Å². The van der Waals surface area contributed by atoms with Crippen molar-refractivity contribution in [1.29, 1.82) is 0 Å². The molecule has 0 saturated heterocycles. The van der Waals surface area contributed by atoms with Crippen molar-refractivity contribution >= 4 is 0 Å². The molecule has 0 aliphatic rings.